The lowest BCUT2D eigenvalue weighted by Crippen LogP contribution is -2.45. The number of aliphatic imine (C=N–C) groups is 1. The van der Waals surface area contributed by atoms with Crippen molar-refractivity contribution < 1.29 is 4.79 Å². The molecule has 0 aromatic heterocycles. The number of carbonyl (C=O) groups is 1. The summed E-state index contributed by atoms with van der Waals surface area (Å²) in [5.41, 5.74) is 0. The molecule has 0 radical (unpaired) electrons. The molecule has 23 heavy (non-hydrogen) atoms. The Labute approximate surface area is 141 Å². The van der Waals surface area contributed by atoms with Crippen molar-refractivity contribution in [1.82, 2.24) is 15.1 Å². The molecular weight excluding hydrogens is 288 g/mol. The van der Waals surface area contributed by atoms with Crippen LogP contribution in [-0.2, 0) is 4.79 Å². The van der Waals surface area contributed by atoms with E-state index in [0.717, 1.165) is 30.9 Å². The number of guanidine groups is 1. The second-order valence-corrected chi connectivity index (χ2v) is 7.78. The molecule has 1 N–H and O–H groups in total. The second kappa shape index (κ2) is 8.55. The van der Waals surface area contributed by atoms with E-state index in [1.165, 1.54) is 38.5 Å². The van der Waals surface area contributed by atoms with Gasteiger partial charge in [-0.2, -0.15) is 0 Å². The van der Waals surface area contributed by atoms with Gasteiger partial charge in [0, 0.05) is 33.2 Å². The van der Waals surface area contributed by atoms with Crippen molar-refractivity contribution in [2.45, 2.75) is 58.4 Å². The fourth-order valence-electron chi connectivity index (χ4n) is 3.66. The van der Waals surface area contributed by atoms with Crippen LogP contribution < -0.4 is 5.32 Å². The molecule has 0 bridgehead atoms. The van der Waals surface area contributed by atoms with Crippen LogP contribution in [-0.4, -0.2) is 61.4 Å². The van der Waals surface area contributed by atoms with Crippen molar-refractivity contribution in [3.63, 3.8) is 0 Å². The molecular formula is C18H34N4O. The van der Waals surface area contributed by atoms with E-state index in [2.05, 4.69) is 29.1 Å². The normalized spacial score (nSPS) is 22.9. The zero-order valence-electron chi connectivity index (χ0n) is 15.3. The Balaban J connectivity index is 1.97. The molecule has 0 aromatic rings. The lowest BCUT2D eigenvalue weighted by molar-refractivity contribution is -0.127. The van der Waals surface area contributed by atoms with Gasteiger partial charge in [-0.1, -0.05) is 26.7 Å². The lowest BCUT2D eigenvalue weighted by atomic mass is 9.97. The Kier molecular flexibility index (Phi) is 6.72. The van der Waals surface area contributed by atoms with E-state index < -0.39 is 0 Å². The van der Waals surface area contributed by atoms with Crippen LogP contribution in [0, 0.1) is 11.8 Å². The van der Waals surface area contributed by atoms with E-state index in [0.29, 0.717) is 6.04 Å². The van der Waals surface area contributed by atoms with Gasteiger partial charge in [-0.05, 0) is 37.5 Å². The Morgan fingerprint density at radius 2 is 1.96 bits per heavy atom. The van der Waals surface area contributed by atoms with Gasteiger partial charge in [-0.3, -0.25) is 4.79 Å². The zero-order valence-corrected chi connectivity index (χ0v) is 15.3. The van der Waals surface area contributed by atoms with Crippen molar-refractivity contribution in [3.05, 3.63) is 0 Å². The molecule has 5 heteroatoms. The highest BCUT2D eigenvalue weighted by Crippen LogP contribution is 2.24. The first-order valence-corrected chi connectivity index (χ1v) is 9.21. The molecule has 1 amide bonds. The van der Waals surface area contributed by atoms with E-state index in [1.807, 2.05) is 0 Å². The first kappa shape index (κ1) is 18.1. The first-order valence-electron chi connectivity index (χ1n) is 9.21. The molecule has 0 spiro atoms. The molecule has 1 aliphatic carbocycles. The number of hydrogen-bond acceptors (Lipinski definition) is 2. The molecule has 1 saturated heterocycles. The van der Waals surface area contributed by atoms with Crippen molar-refractivity contribution in [1.29, 1.82) is 0 Å². The third-order valence-electron chi connectivity index (χ3n) is 4.94. The number of hydrogen-bond donors (Lipinski definition) is 1. The van der Waals surface area contributed by atoms with Crippen LogP contribution in [0.5, 0.6) is 0 Å². The molecule has 0 aromatic carbocycles. The van der Waals surface area contributed by atoms with Crippen LogP contribution in [0.25, 0.3) is 0 Å². The minimum atomic E-state index is 0.0636. The summed E-state index contributed by atoms with van der Waals surface area (Å²) >= 11 is 0. The Hall–Kier alpha value is -1.26. The predicted molar refractivity (Wildman–Crippen MR) is 95.5 cm³/mol. The van der Waals surface area contributed by atoms with Gasteiger partial charge in [0.2, 0.25) is 5.91 Å². The lowest BCUT2D eigenvalue weighted by Gasteiger charge is -2.25. The fourth-order valence-corrected chi connectivity index (χ4v) is 3.66. The molecule has 1 aliphatic heterocycles. The highest BCUT2D eigenvalue weighted by Gasteiger charge is 2.27. The third-order valence-corrected chi connectivity index (χ3v) is 4.94. The van der Waals surface area contributed by atoms with Gasteiger partial charge in [0.05, 0.1) is 0 Å². The summed E-state index contributed by atoms with van der Waals surface area (Å²) in [5.74, 6) is 2.53. The number of amides is 1. The largest absolute Gasteiger partial charge is 0.353 e. The van der Waals surface area contributed by atoms with Gasteiger partial charge in [-0.15, -0.1) is 0 Å². The molecule has 1 saturated carbocycles. The van der Waals surface area contributed by atoms with Crippen LogP contribution in [0.4, 0.5) is 0 Å². The zero-order chi connectivity index (χ0) is 16.8. The molecule has 2 rings (SSSR count). The quantitative estimate of drug-likeness (QED) is 0.624. The van der Waals surface area contributed by atoms with Crippen molar-refractivity contribution >= 4 is 11.9 Å². The van der Waals surface area contributed by atoms with Gasteiger partial charge in [0.15, 0.2) is 5.96 Å². The van der Waals surface area contributed by atoms with Crippen molar-refractivity contribution in [3.8, 4) is 0 Å². The highest BCUT2D eigenvalue weighted by atomic mass is 16.2. The smallest absolute Gasteiger partial charge is 0.243 e. The minimum Gasteiger partial charge on any atom is -0.353 e. The van der Waals surface area contributed by atoms with Gasteiger partial charge in [0.1, 0.15) is 6.54 Å². The molecule has 2 aliphatic rings. The average molecular weight is 322 g/mol. The predicted octanol–water partition coefficient (Wildman–Crippen LogP) is 2.33. The number of likely N-dealkylation sites (N-methyl/N-ethyl adjacent to an activating group) is 1. The second-order valence-electron chi connectivity index (χ2n) is 7.78. The molecule has 1 heterocycles. The van der Waals surface area contributed by atoms with Crippen molar-refractivity contribution in [2.24, 2.45) is 16.8 Å². The monoisotopic (exact) mass is 322 g/mol. The van der Waals surface area contributed by atoms with E-state index in [-0.39, 0.29) is 12.5 Å². The van der Waals surface area contributed by atoms with Crippen LogP contribution in [0.2, 0.25) is 0 Å². The Bertz CT molecular complexity index is 413. The molecule has 1 unspecified atom stereocenters. The van der Waals surface area contributed by atoms with Gasteiger partial charge >= 0.3 is 0 Å². The maximum absolute atomic E-state index is 11.9. The standard InChI is InChI=1S/C18H34N4O/c1-14(2)11-15-9-10-22(13-15)18(19-12-17(23)21(3)4)20-16-7-5-6-8-16/h14-16H,5-13H2,1-4H3,(H,19,20). The number of carbonyl (C=O) groups excluding carboxylic acids is 1. The number of likely N-dealkylation sites (tertiary alicyclic amines) is 1. The fraction of sp³-hybridized carbons (Fsp3) is 0.889. The van der Waals surface area contributed by atoms with Gasteiger partial charge < -0.3 is 15.1 Å². The van der Waals surface area contributed by atoms with Gasteiger partial charge in [0.25, 0.3) is 0 Å². The van der Waals surface area contributed by atoms with E-state index in [1.54, 1.807) is 19.0 Å². The number of nitrogens with one attached hydrogen (secondary N) is 1. The third kappa shape index (κ3) is 5.70. The Morgan fingerprint density at radius 1 is 1.26 bits per heavy atom. The SMILES string of the molecule is CC(C)CC1CCN(C(=NCC(=O)N(C)C)NC2CCCC2)C1. The minimum absolute atomic E-state index is 0.0636. The summed E-state index contributed by atoms with van der Waals surface area (Å²) in [6, 6.07) is 0.535. The van der Waals surface area contributed by atoms with Crippen LogP contribution in [0.1, 0.15) is 52.4 Å². The summed E-state index contributed by atoms with van der Waals surface area (Å²) in [5, 5.41) is 3.63. The van der Waals surface area contributed by atoms with E-state index in [4.69, 9.17) is 0 Å². The number of nitrogens with zero attached hydrogens (tertiary/aromatic N) is 3. The van der Waals surface area contributed by atoms with Gasteiger partial charge in [-0.25, -0.2) is 4.99 Å². The maximum Gasteiger partial charge on any atom is 0.243 e. The molecule has 132 valence electrons. The number of rotatable bonds is 5. The van der Waals surface area contributed by atoms with Crippen LogP contribution in [0.3, 0.4) is 0 Å². The Morgan fingerprint density at radius 3 is 2.57 bits per heavy atom. The van der Waals surface area contributed by atoms with E-state index in [9.17, 15) is 4.79 Å². The summed E-state index contributed by atoms with van der Waals surface area (Å²) < 4.78 is 0. The summed E-state index contributed by atoms with van der Waals surface area (Å²) in [7, 11) is 3.58. The summed E-state index contributed by atoms with van der Waals surface area (Å²) in [4.78, 5) is 20.5. The molecule has 2 fully saturated rings. The topological polar surface area (TPSA) is 47.9 Å². The van der Waals surface area contributed by atoms with Crippen LogP contribution in [0.15, 0.2) is 4.99 Å². The molecule has 5 nitrogen and oxygen atoms in total. The highest BCUT2D eigenvalue weighted by molar-refractivity contribution is 5.85. The van der Waals surface area contributed by atoms with Crippen molar-refractivity contribution in [2.75, 3.05) is 33.7 Å². The first-order chi connectivity index (χ1) is 11.0. The molecule has 1 atom stereocenters. The van der Waals surface area contributed by atoms with Crippen LogP contribution >= 0.6 is 0 Å². The average Bonchev–Trinajstić information content (AvgIpc) is 3.13. The summed E-state index contributed by atoms with van der Waals surface area (Å²) in [6.45, 7) is 6.97. The summed E-state index contributed by atoms with van der Waals surface area (Å²) in [6.07, 6.45) is 7.58. The maximum atomic E-state index is 11.9. The van der Waals surface area contributed by atoms with E-state index >= 15 is 0 Å².